The van der Waals surface area contributed by atoms with Gasteiger partial charge in [0.1, 0.15) is 0 Å². The SMILES string of the molecule is CC(NCC1CSCCS1)c1cccc([N+](=O)[O-])c1. The predicted octanol–water partition coefficient (Wildman–Crippen LogP) is 3.09. The predicted molar refractivity (Wildman–Crippen MR) is 83.1 cm³/mol. The Morgan fingerprint density at radius 3 is 3.05 bits per heavy atom. The Balaban J connectivity index is 1.89. The molecule has 0 aromatic heterocycles. The minimum absolute atomic E-state index is 0.146. The van der Waals surface area contributed by atoms with Crippen LogP contribution in [0.15, 0.2) is 24.3 Å². The minimum atomic E-state index is -0.343. The zero-order valence-electron chi connectivity index (χ0n) is 10.9. The summed E-state index contributed by atoms with van der Waals surface area (Å²) in [5.41, 5.74) is 1.14. The highest BCUT2D eigenvalue weighted by atomic mass is 32.2. The Kier molecular flexibility index (Phi) is 5.54. The number of nitro benzene ring substituents is 1. The van der Waals surface area contributed by atoms with Crippen LogP contribution in [0, 0.1) is 10.1 Å². The lowest BCUT2D eigenvalue weighted by atomic mass is 10.1. The van der Waals surface area contributed by atoms with Crippen LogP contribution in [0.2, 0.25) is 0 Å². The van der Waals surface area contributed by atoms with Crippen molar-refractivity contribution in [3.05, 3.63) is 39.9 Å². The van der Waals surface area contributed by atoms with E-state index in [1.807, 2.05) is 29.6 Å². The first-order chi connectivity index (χ1) is 9.16. The molecular weight excluding hydrogens is 280 g/mol. The molecule has 104 valence electrons. The number of nitro groups is 1. The van der Waals surface area contributed by atoms with Crippen molar-refractivity contribution in [3.8, 4) is 0 Å². The van der Waals surface area contributed by atoms with Gasteiger partial charge in [0.05, 0.1) is 4.92 Å². The molecule has 0 bridgehead atoms. The highest BCUT2D eigenvalue weighted by Gasteiger charge is 2.16. The second-order valence-corrected chi connectivity index (χ2v) is 7.11. The fourth-order valence-corrected chi connectivity index (χ4v) is 4.61. The zero-order valence-corrected chi connectivity index (χ0v) is 12.5. The smallest absolute Gasteiger partial charge is 0.269 e. The first-order valence-electron chi connectivity index (χ1n) is 6.34. The van der Waals surface area contributed by atoms with Crippen molar-refractivity contribution >= 4 is 29.2 Å². The summed E-state index contributed by atoms with van der Waals surface area (Å²) in [6, 6.07) is 7.02. The lowest BCUT2D eigenvalue weighted by Crippen LogP contribution is -2.30. The summed E-state index contributed by atoms with van der Waals surface area (Å²) < 4.78 is 0. The quantitative estimate of drug-likeness (QED) is 0.668. The third kappa shape index (κ3) is 4.40. The van der Waals surface area contributed by atoms with Crippen LogP contribution in [0.5, 0.6) is 0 Å². The molecule has 1 saturated heterocycles. The fraction of sp³-hybridized carbons (Fsp3) is 0.538. The van der Waals surface area contributed by atoms with E-state index in [-0.39, 0.29) is 16.7 Å². The van der Waals surface area contributed by atoms with E-state index in [1.165, 1.54) is 23.3 Å². The van der Waals surface area contributed by atoms with Crippen molar-refractivity contribution in [1.29, 1.82) is 0 Å². The number of thioether (sulfide) groups is 2. The number of benzene rings is 1. The molecule has 1 aromatic rings. The molecule has 2 unspecified atom stereocenters. The van der Waals surface area contributed by atoms with E-state index < -0.39 is 0 Å². The molecule has 1 heterocycles. The van der Waals surface area contributed by atoms with Gasteiger partial charge in [-0.15, -0.1) is 0 Å². The molecule has 1 aromatic carbocycles. The summed E-state index contributed by atoms with van der Waals surface area (Å²) in [5.74, 6) is 3.67. The Morgan fingerprint density at radius 1 is 1.53 bits per heavy atom. The van der Waals surface area contributed by atoms with Gasteiger partial charge in [-0.2, -0.15) is 23.5 Å². The van der Waals surface area contributed by atoms with Crippen LogP contribution in [0.4, 0.5) is 5.69 Å². The van der Waals surface area contributed by atoms with Gasteiger partial charge in [0, 0.05) is 47.2 Å². The molecule has 2 atom stereocenters. The number of non-ortho nitro benzene ring substituents is 1. The van der Waals surface area contributed by atoms with E-state index >= 15 is 0 Å². The van der Waals surface area contributed by atoms with Gasteiger partial charge in [0.15, 0.2) is 0 Å². The molecule has 19 heavy (non-hydrogen) atoms. The number of hydrogen-bond donors (Lipinski definition) is 1. The average Bonchev–Trinajstić information content (AvgIpc) is 2.46. The monoisotopic (exact) mass is 298 g/mol. The summed E-state index contributed by atoms with van der Waals surface area (Å²) in [7, 11) is 0. The molecule has 0 aliphatic carbocycles. The third-order valence-corrected chi connectivity index (χ3v) is 5.96. The summed E-state index contributed by atoms with van der Waals surface area (Å²) in [4.78, 5) is 10.4. The molecule has 1 N–H and O–H groups in total. The van der Waals surface area contributed by atoms with E-state index in [9.17, 15) is 10.1 Å². The third-order valence-electron chi connectivity index (χ3n) is 3.12. The lowest BCUT2D eigenvalue weighted by molar-refractivity contribution is -0.384. The number of nitrogens with zero attached hydrogens (tertiary/aromatic N) is 1. The minimum Gasteiger partial charge on any atom is -0.309 e. The van der Waals surface area contributed by atoms with Crippen LogP contribution in [-0.2, 0) is 0 Å². The van der Waals surface area contributed by atoms with Gasteiger partial charge in [0.2, 0.25) is 0 Å². The molecule has 0 saturated carbocycles. The Morgan fingerprint density at radius 2 is 2.37 bits per heavy atom. The van der Waals surface area contributed by atoms with Gasteiger partial charge in [-0.05, 0) is 12.5 Å². The molecule has 4 nitrogen and oxygen atoms in total. The summed E-state index contributed by atoms with van der Waals surface area (Å²) in [6.07, 6.45) is 0. The lowest BCUT2D eigenvalue weighted by Gasteiger charge is -2.23. The molecular formula is C13H18N2O2S2. The van der Waals surface area contributed by atoms with E-state index in [0.29, 0.717) is 5.25 Å². The zero-order chi connectivity index (χ0) is 13.7. The second kappa shape index (κ2) is 7.17. The first-order valence-corrected chi connectivity index (χ1v) is 8.54. The molecule has 0 spiro atoms. The van der Waals surface area contributed by atoms with Gasteiger partial charge in [-0.1, -0.05) is 12.1 Å². The fourth-order valence-electron chi connectivity index (χ4n) is 1.99. The first kappa shape index (κ1) is 14.7. The van der Waals surface area contributed by atoms with Gasteiger partial charge < -0.3 is 5.32 Å². The number of rotatable bonds is 5. The van der Waals surface area contributed by atoms with Crippen molar-refractivity contribution in [1.82, 2.24) is 5.32 Å². The van der Waals surface area contributed by atoms with Crippen LogP contribution in [0.1, 0.15) is 18.5 Å². The van der Waals surface area contributed by atoms with Crippen molar-refractivity contribution in [2.24, 2.45) is 0 Å². The molecule has 1 aliphatic heterocycles. The summed E-state index contributed by atoms with van der Waals surface area (Å²) >= 11 is 4.02. The summed E-state index contributed by atoms with van der Waals surface area (Å²) in [5, 5.41) is 14.9. The van der Waals surface area contributed by atoms with Crippen LogP contribution < -0.4 is 5.32 Å². The molecule has 6 heteroatoms. The molecule has 1 fully saturated rings. The topological polar surface area (TPSA) is 55.2 Å². The summed E-state index contributed by atoms with van der Waals surface area (Å²) in [6.45, 7) is 3.02. The van der Waals surface area contributed by atoms with Crippen LogP contribution in [-0.4, -0.2) is 34.0 Å². The van der Waals surface area contributed by atoms with Crippen molar-refractivity contribution in [2.45, 2.75) is 18.2 Å². The highest BCUT2D eigenvalue weighted by molar-refractivity contribution is 8.06. The van der Waals surface area contributed by atoms with E-state index in [0.717, 1.165) is 12.1 Å². The normalized spacial score (nSPS) is 21.0. The van der Waals surface area contributed by atoms with E-state index in [1.54, 1.807) is 12.1 Å². The maximum atomic E-state index is 10.8. The van der Waals surface area contributed by atoms with Gasteiger partial charge in [0.25, 0.3) is 5.69 Å². The van der Waals surface area contributed by atoms with Crippen molar-refractivity contribution in [3.63, 3.8) is 0 Å². The Hall–Kier alpha value is -0.720. The maximum Gasteiger partial charge on any atom is 0.269 e. The maximum absolute atomic E-state index is 10.8. The molecule has 0 radical (unpaired) electrons. The number of nitrogens with one attached hydrogen (secondary N) is 1. The number of hydrogen-bond acceptors (Lipinski definition) is 5. The Bertz CT molecular complexity index is 436. The molecule has 1 aliphatic rings. The molecule has 2 rings (SSSR count). The van der Waals surface area contributed by atoms with Crippen molar-refractivity contribution in [2.75, 3.05) is 23.8 Å². The van der Waals surface area contributed by atoms with Crippen LogP contribution >= 0.6 is 23.5 Å². The van der Waals surface area contributed by atoms with Crippen molar-refractivity contribution < 1.29 is 4.92 Å². The average molecular weight is 298 g/mol. The van der Waals surface area contributed by atoms with Crippen LogP contribution in [0.3, 0.4) is 0 Å². The standard InChI is InChI=1S/C13H18N2O2S2/c1-10(14-8-13-9-18-5-6-19-13)11-3-2-4-12(7-11)15(16)17/h2-4,7,10,13-14H,5-6,8-9H2,1H3. The second-order valence-electron chi connectivity index (χ2n) is 4.55. The van der Waals surface area contributed by atoms with Gasteiger partial charge >= 0.3 is 0 Å². The largest absolute Gasteiger partial charge is 0.309 e. The highest BCUT2D eigenvalue weighted by Crippen LogP contribution is 2.24. The van der Waals surface area contributed by atoms with E-state index in [2.05, 4.69) is 12.2 Å². The van der Waals surface area contributed by atoms with Gasteiger partial charge in [-0.25, -0.2) is 0 Å². The van der Waals surface area contributed by atoms with E-state index in [4.69, 9.17) is 0 Å². The molecule has 0 amide bonds. The van der Waals surface area contributed by atoms with Gasteiger partial charge in [-0.3, -0.25) is 10.1 Å². The Labute approximate surface area is 121 Å². The van der Waals surface area contributed by atoms with Crippen LogP contribution in [0.25, 0.3) is 0 Å².